The van der Waals surface area contributed by atoms with Crippen LogP contribution in [-0.4, -0.2) is 30.4 Å². The summed E-state index contributed by atoms with van der Waals surface area (Å²) < 4.78 is 1.04. The van der Waals surface area contributed by atoms with E-state index in [1.807, 2.05) is 26.0 Å². The monoisotopic (exact) mass is 285 g/mol. The van der Waals surface area contributed by atoms with Crippen molar-refractivity contribution >= 4 is 0 Å². The molecule has 108 valence electrons. The van der Waals surface area contributed by atoms with Gasteiger partial charge in [0.05, 0.1) is 7.05 Å². The normalized spacial score (nSPS) is 9.86. The van der Waals surface area contributed by atoms with Crippen molar-refractivity contribution in [1.82, 2.24) is 25.2 Å². The minimum atomic E-state index is 0.610. The third-order valence-corrected chi connectivity index (χ3v) is 2.58. The van der Waals surface area contributed by atoms with E-state index < -0.39 is 0 Å². The second-order valence-corrected chi connectivity index (χ2v) is 4.61. The van der Waals surface area contributed by atoms with Gasteiger partial charge in [-0.25, -0.2) is 0 Å². The molecule has 0 aromatic carbocycles. The van der Waals surface area contributed by atoms with Gasteiger partial charge in [0.25, 0.3) is 0 Å². The summed E-state index contributed by atoms with van der Waals surface area (Å²) in [7, 11) is 1.74. The van der Waals surface area contributed by atoms with E-state index in [9.17, 15) is 0 Å². The van der Waals surface area contributed by atoms with Gasteiger partial charge in [0, 0.05) is 34.3 Å². The van der Waals surface area contributed by atoms with E-state index in [2.05, 4.69) is 20.4 Å². The van der Waals surface area contributed by atoms with Gasteiger partial charge >= 0.3 is 0 Å². The van der Waals surface area contributed by atoms with Gasteiger partial charge < -0.3 is 0 Å². The third kappa shape index (κ3) is 4.34. The summed E-state index contributed by atoms with van der Waals surface area (Å²) in [5.74, 6) is 0.610. The first-order chi connectivity index (χ1) is 10.0. The standard InChI is InChI=1S/C8H9N5.C6H8NO/c1-6-3-7(5-9-4-6)8-10-12-13(2)11-8;1-6-3-2-4-7(8)5-6/h3-5H,1-2H3;2-5,8H,1H3/q;+1. The lowest BCUT2D eigenvalue weighted by atomic mass is 10.2. The van der Waals surface area contributed by atoms with Gasteiger partial charge in [0.2, 0.25) is 18.2 Å². The fraction of sp³-hybridized carbons (Fsp3) is 0.214. The summed E-state index contributed by atoms with van der Waals surface area (Å²) in [5.41, 5.74) is 3.04. The lowest BCUT2D eigenvalue weighted by molar-refractivity contribution is -0.905. The molecule has 0 saturated carbocycles. The first-order valence-electron chi connectivity index (χ1n) is 6.38. The molecule has 0 spiro atoms. The number of hydrogen-bond acceptors (Lipinski definition) is 5. The Balaban J connectivity index is 0.000000173. The van der Waals surface area contributed by atoms with Crippen LogP contribution in [-0.2, 0) is 7.05 Å². The van der Waals surface area contributed by atoms with Crippen LogP contribution in [0, 0.1) is 13.8 Å². The van der Waals surface area contributed by atoms with Crippen molar-refractivity contribution < 1.29 is 9.94 Å². The molecule has 0 fully saturated rings. The highest BCUT2D eigenvalue weighted by Crippen LogP contribution is 2.12. The van der Waals surface area contributed by atoms with E-state index in [4.69, 9.17) is 5.21 Å². The van der Waals surface area contributed by atoms with E-state index in [0.29, 0.717) is 5.82 Å². The summed E-state index contributed by atoms with van der Waals surface area (Å²) in [6, 6.07) is 5.69. The molecule has 7 nitrogen and oxygen atoms in total. The predicted octanol–water partition coefficient (Wildman–Crippen LogP) is 1.10. The Labute approximate surface area is 122 Å². The molecule has 0 aliphatic rings. The van der Waals surface area contributed by atoms with Crippen LogP contribution in [0.15, 0.2) is 43.0 Å². The first kappa shape index (κ1) is 14.6. The Bertz CT molecular complexity index is 707. The average Bonchev–Trinajstić information content (AvgIpc) is 2.86. The van der Waals surface area contributed by atoms with Crippen LogP contribution in [0.25, 0.3) is 11.4 Å². The SMILES string of the molecule is Cc1ccc[n+](O)c1.Cc1cncc(-c2nnn(C)n2)c1. The Morgan fingerprint density at radius 1 is 1.19 bits per heavy atom. The second-order valence-electron chi connectivity index (χ2n) is 4.61. The average molecular weight is 285 g/mol. The molecule has 0 unspecified atom stereocenters. The molecule has 0 aliphatic carbocycles. The quantitative estimate of drug-likeness (QED) is 0.535. The highest BCUT2D eigenvalue weighted by molar-refractivity contribution is 5.52. The second kappa shape index (κ2) is 6.56. The van der Waals surface area contributed by atoms with Crippen molar-refractivity contribution in [3.8, 4) is 11.4 Å². The largest absolute Gasteiger partial charge is 0.285 e. The smallest absolute Gasteiger partial charge is 0.225 e. The van der Waals surface area contributed by atoms with Crippen LogP contribution >= 0.6 is 0 Å². The van der Waals surface area contributed by atoms with Crippen molar-refractivity contribution in [1.29, 1.82) is 0 Å². The highest BCUT2D eigenvalue weighted by atomic mass is 16.5. The third-order valence-electron chi connectivity index (χ3n) is 2.58. The molecule has 21 heavy (non-hydrogen) atoms. The van der Waals surface area contributed by atoms with Crippen LogP contribution in [0.3, 0.4) is 0 Å². The van der Waals surface area contributed by atoms with E-state index in [1.165, 1.54) is 4.80 Å². The van der Waals surface area contributed by atoms with Crippen molar-refractivity contribution in [2.75, 3.05) is 0 Å². The molecule has 0 aliphatic heterocycles. The first-order valence-corrected chi connectivity index (χ1v) is 6.38. The fourth-order valence-corrected chi connectivity index (χ4v) is 1.65. The van der Waals surface area contributed by atoms with Crippen molar-refractivity contribution in [3.05, 3.63) is 54.1 Å². The molecular weight excluding hydrogens is 268 g/mol. The summed E-state index contributed by atoms with van der Waals surface area (Å²) in [6.07, 6.45) is 6.73. The number of nitrogens with zero attached hydrogens (tertiary/aromatic N) is 6. The fourth-order valence-electron chi connectivity index (χ4n) is 1.65. The van der Waals surface area contributed by atoms with Gasteiger partial charge in [-0.05, 0) is 36.8 Å². The Morgan fingerprint density at radius 2 is 2.00 bits per heavy atom. The molecular formula is C14H17N6O+. The number of aryl methyl sites for hydroxylation is 3. The Kier molecular flexibility index (Phi) is 4.55. The van der Waals surface area contributed by atoms with Crippen LogP contribution in [0.1, 0.15) is 11.1 Å². The zero-order valence-corrected chi connectivity index (χ0v) is 12.2. The number of pyridine rings is 2. The summed E-state index contributed by atoms with van der Waals surface area (Å²) in [4.78, 5) is 5.48. The number of tetrazole rings is 1. The number of hydrogen-bond donors (Lipinski definition) is 1. The molecule has 3 heterocycles. The molecule has 0 atom stereocenters. The van der Waals surface area contributed by atoms with Gasteiger partial charge in [0.15, 0.2) is 0 Å². The van der Waals surface area contributed by atoms with Gasteiger partial charge in [-0.15, -0.1) is 10.2 Å². The molecule has 0 amide bonds. The van der Waals surface area contributed by atoms with Crippen LogP contribution in [0.5, 0.6) is 0 Å². The molecule has 3 aromatic heterocycles. The molecule has 7 heteroatoms. The van der Waals surface area contributed by atoms with E-state index in [1.54, 1.807) is 37.9 Å². The molecule has 3 rings (SSSR count). The van der Waals surface area contributed by atoms with Gasteiger partial charge in [-0.3, -0.25) is 10.2 Å². The Hall–Kier alpha value is -2.83. The van der Waals surface area contributed by atoms with Crippen LogP contribution in [0.4, 0.5) is 0 Å². The van der Waals surface area contributed by atoms with Gasteiger partial charge in [-0.1, -0.05) is 0 Å². The maximum Gasteiger partial charge on any atom is 0.225 e. The van der Waals surface area contributed by atoms with E-state index in [-0.39, 0.29) is 0 Å². The maximum atomic E-state index is 8.73. The lowest BCUT2D eigenvalue weighted by Crippen LogP contribution is -2.28. The molecule has 0 radical (unpaired) electrons. The minimum Gasteiger partial charge on any atom is -0.285 e. The Morgan fingerprint density at radius 3 is 2.52 bits per heavy atom. The van der Waals surface area contributed by atoms with Crippen LogP contribution < -0.4 is 4.73 Å². The number of aromatic nitrogens is 6. The number of rotatable bonds is 1. The highest BCUT2D eigenvalue weighted by Gasteiger charge is 2.03. The molecule has 0 saturated heterocycles. The van der Waals surface area contributed by atoms with E-state index in [0.717, 1.165) is 21.4 Å². The zero-order valence-electron chi connectivity index (χ0n) is 12.2. The van der Waals surface area contributed by atoms with Crippen molar-refractivity contribution in [2.45, 2.75) is 13.8 Å². The van der Waals surface area contributed by atoms with Crippen LogP contribution in [0.2, 0.25) is 0 Å². The van der Waals surface area contributed by atoms with Gasteiger partial charge in [0.1, 0.15) is 0 Å². The lowest BCUT2D eigenvalue weighted by Gasteiger charge is -1.94. The molecule has 0 bridgehead atoms. The zero-order chi connectivity index (χ0) is 15.2. The minimum absolute atomic E-state index is 0.610. The van der Waals surface area contributed by atoms with E-state index >= 15 is 0 Å². The molecule has 1 N–H and O–H groups in total. The maximum absolute atomic E-state index is 8.73. The summed E-state index contributed by atoms with van der Waals surface area (Å²) >= 11 is 0. The summed E-state index contributed by atoms with van der Waals surface area (Å²) in [6.45, 7) is 3.90. The van der Waals surface area contributed by atoms with Gasteiger partial charge in [-0.2, -0.15) is 4.80 Å². The molecule has 3 aromatic rings. The van der Waals surface area contributed by atoms with Crippen molar-refractivity contribution in [3.63, 3.8) is 0 Å². The topological polar surface area (TPSA) is 80.6 Å². The predicted molar refractivity (Wildman–Crippen MR) is 75.3 cm³/mol. The summed E-state index contributed by atoms with van der Waals surface area (Å²) in [5, 5.41) is 20.4. The van der Waals surface area contributed by atoms with Crippen molar-refractivity contribution in [2.24, 2.45) is 7.05 Å².